The Morgan fingerprint density at radius 2 is 1.00 bits per heavy atom. The molecule has 8 aliphatic heterocycles. The summed E-state index contributed by atoms with van der Waals surface area (Å²) in [6.07, 6.45) is 0. The first-order valence-electron chi connectivity index (χ1n) is 9.57. The standard InChI is InChI=1S/C18H28N6/c1-17-7-21-3-13(4-22(8-17)11-21)15(17)19-20-16-14-5-23-9-18(16,2)10-24(6-14)12-23/h13-14H,3-12H2,1-2H3/b19-15-,20-16-. The molecule has 24 heavy (non-hydrogen) atoms. The van der Waals surface area contributed by atoms with Gasteiger partial charge < -0.3 is 0 Å². The van der Waals surface area contributed by atoms with Crippen LogP contribution in [0, 0.1) is 22.7 Å². The molecule has 4 unspecified atom stereocenters. The molecule has 0 aromatic carbocycles. The predicted octanol–water partition coefficient (Wildman–Crippen LogP) is 0.233. The van der Waals surface area contributed by atoms with Gasteiger partial charge >= 0.3 is 0 Å². The fourth-order valence-corrected chi connectivity index (χ4v) is 6.86. The molecule has 0 saturated carbocycles. The lowest BCUT2D eigenvalue weighted by Crippen LogP contribution is -2.71. The minimum absolute atomic E-state index is 0.225. The van der Waals surface area contributed by atoms with Crippen molar-refractivity contribution in [1.29, 1.82) is 0 Å². The lowest BCUT2D eigenvalue weighted by molar-refractivity contribution is -0.0447. The maximum atomic E-state index is 5.00. The van der Waals surface area contributed by atoms with Gasteiger partial charge in [-0.2, -0.15) is 10.2 Å². The van der Waals surface area contributed by atoms with E-state index in [0.29, 0.717) is 11.8 Å². The van der Waals surface area contributed by atoms with Gasteiger partial charge in [-0.3, -0.25) is 19.6 Å². The maximum Gasteiger partial charge on any atom is 0.0546 e. The van der Waals surface area contributed by atoms with Crippen molar-refractivity contribution in [1.82, 2.24) is 19.6 Å². The first-order valence-corrected chi connectivity index (χ1v) is 9.57. The molecular weight excluding hydrogens is 300 g/mol. The summed E-state index contributed by atoms with van der Waals surface area (Å²) in [5, 5.41) is 10.00. The summed E-state index contributed by atoms with van der Waals surface area (Å²) < 4.78 is 0. The Kier molecular flexibility index (Phi) is 2.67. The number of rotatable bonds is 1. The highest BCUT2D eigenvalue weighted by Crippen LogP contribution is 2.42. The highest BCUT2D eigenvalue weighted by Gasteiger charge is 2.53. The highest BCUT2D eigenvalue weighted by atomic mass is 15.4. The first-order chi connectivity index (χ1) is 11.5. The van der Waals surface area contributed by atoms with E-state index in [9.17, 15) is 0 Å². The minimum atomic E-state index is 0.225. The van der Waals surface area contributed by atoms with Crippen molar-refractivity contribution >= 4 is 11.4 Å². The van der Waals surface area contributed by atoms with Gasteiger partial charge in [-0.1, -0.05) is 13.8 Å². The summed E-state index contributed by atoms with van der Waals surface area (Å²) in [6.45, 7) is 16.6. The van der Waals surface area contributed by atoms with Gasteiger partial charge in [-0.25, -0.2) is 0 Å². The summed E-state index contributed by atoms with van der Waals surface area (Å²) >= 11 is 0. The van der Waals surface area contributed by atoms with Crippen LogP contribution in [0.5, 0.6) is 0 Å². The third-order valence-corrected chi connectivity index (χ3v) is 7.28. The largest absolute Gasteiger partial charge is 0.289 e. The van der Waals surface area contributed by atoms with Gasteiger partial charge in [0.05, 0.1) is 24.8 Å². The second kappa shape index (κ2) is 4.47. The molecule has 0 aliphatic carbocycles. The zero-order valence-corrected chi connectivity index (χ0v) is 14.9. The van der Waals surface area contributed by atoms with E-state index < -0.39 is 0 Å². The molecule has 8 bridgehead atoms. The van der Waals surface area contributed by atoms with Crippen molar-refractivity contribution in [2.24, 2.45) is 32.9 Å². The predicted molar refractivity (Wildman–Crippen MR) is 94.1 cm³/mol. The molecule has 4 atom stereocenters. The Balaban J connectivity index is 1.36. The van der Waals surface area contributed by atoms with Crippen LogP contribution in [0.1, 0.15) is 13.8 Å². The van der Waals surface area contributed by atoms with Crippen LogP contribution in [-0.4, -0.2) is 96.7 Å². The molecule has 0 spiro atoms. The molecule has 0 aromatic heterocycles. The number of hydrogen-bond donors (Lipinski definition) is 0. The highest BCUT2D eigenvalue weighted by molar-refractivity contribution is 5.98. The first kappa shape index (κ1) is 14.4. The molecule has 8 rings (SSSR count). The van der Waals surface area contributed by atoms with Crippen LogP contribution in [0.25, 0.3) is 0 Å². The minimum Gasteiger partial charge on any atom is -0.289 e. The number of hydrogen-bond acceptors (Lipinski definition) is 6. The van der Waals surface area contributed by atoms with Gasteiger partial charge in [0, 0.05) is 75.0 Å². The SMILES string of the molecule is CC12CN3CC(CN(C3)C1)/C2=N/N=C1/C2CN3CN(C2)CC1(C)C3. The Morgan fingerprint density at radius 3 is 1.29 bits per heavy atom. The van der Waals surface area contributed by atoms with Crippen molar-refractivity contribution < 1.29 is 0 Å². The van der Waals surface area contributed by atoms with E-state index in [1.807, 2.05) is 0 Å². The number of nitrogens with zero attached hydrogens (tertiary/aromatic N) is 6. The lowest BCUT2D eigenvalue weighted by atomic mass is 9.69. The molecule has 0 aromatic rings. The Labute approximate surface area is 144 Å². The van der Waals surface area contributed by atoms with Crippen LogP contribution in [0.2, 0.25) is 0 Å². The summed E-state index contributed by atoms with van der Waals surface area (Å²) in [5.41, 5.74) is 3.26. The molecule has 8 heterocycles. The van der Waals surface area contributed by atoms with E-state index in [2.05, 4.69) is 33.4 Å². The van der Waals surface area contributed by atoms with Crippen LogP contribution >= 0.6 is 0 Å². The van der Waals surface area contributed by atoms with Gasteiger partial charge in [0.15, 0.2) is 0 Å². The quantitative estimate of drug-likeness (QED) is 0.646. The van der Waals surface area contributed by atoms with Crippen molar-refractivity contribution in [3.63, 3.8) is 0 Å². The van der Waals surface area contributed by atoms with Crippen molar-refractivity contribution in [3.8, 4) is 0 Å². The van der Waals surface area contributed by atoms with Crippen LogP contribution in [0.4, 0.5) is 0 Å². The van der Waals surface area contributed by atoms with E-state index >= 15 is 0 Å². The van der Waals surface area contributed by atoms with E-state index in [1.165, 1.54) is 77.1 Å². The molecule has 130 valence electrons. The van der Waals surface area contributed by atoms with E-state index in [1.54, 1.807) is 0 Å². The van der Waals surface area contributed by atoms with Gasteiger partial charge in [-0.15, -0.1) is 0 Å². The van der Waals surface area contributed by atoms with Gasteiger partial charge in [-0.05, 0) is 0 Å². The zero-order chi connectivity index (χ0) is 16.1. The third kappa shape index (κ3) is 1.86. The van der Waals surface area contributed by atoms with Crippen LogP contribution < -0.4 is 0 Å². The van der Waals surface area contributed by atoms with Crippen LogP contribution in [0.15, 0.2) is 10.2 Å². The van der Waals surface area contributed by atoms with Crippen molar-refractivity contribution in [2.45, 2.75) is 13.8 Å². The monoisotopic (exact) mass is 328 g/mol. The molecule has 6 nitrogen and oxygen atoms in total. The molecule has 8 saturated heterocycles. The maximum absolute atomic E-state index is 5.00. The Bertz CT molecular complexity index is 570. The average molecular weight is 328 g/mol. The summed E-state index contributed by atoms with van der Waals surface area (Å²) in [6, 6.07) is 0. The van der Waals surface area contributed by atoms with E-state index in [0.717, 1.165) is 0 Å². The normalized spacial score (nSPS) is 60.6. The number of piperidine rings is 4. The molecule has 8 fully saturated rings. The molecule has 0 N–H and O–H groups in total. The van der Waals surface area contributed by atoms with Crippen LogP contribution in [-0.2, 0) is 0 Å². The van der Waals surface area contributed by atoms with Gasteiger partial charge in [0.25, 0.3) is 0 Å². The fourth-order valence-electron chi connectivity index (χ4n) is 6.86. The lowest BCUT2D eigenvalue weighted by Gasteiger charge is -2.59. The molecule has 0 radical (unpaired) electrons. The van der Waals surface area contributed by atoms with Gasteiger partial charge in [0.1, 0.15) is 0 Å². The van der Waals surface area contributed by atoms with Crippen LogP contribution in [0.3, 0.4) is 0 Å². The second-order valence-corrected chi connectivity index (χ2v) is 9.81. The van der Waals surface area contributed by atoms with E-state index in [4.69, 9.17) is 10.2 Å². The van der Waals surface area contributed by atoms with Crippen molar-refractivity contribution in [3.05, 3.63) is 0 Å². The smallest absolute Gasteiger partial charge is 0.0546 e. The van der Waals surface area contributed by atoms with Gasteiger partial charge in [0.2, 0.25) is 0 Å². The Hall–Kier alpha value is -0.820. The Morgan fingerprint density at radius 1 is 0.667 bits per heavy atom. The molecule has 6 heteroatoms. The molecule has 8 aliphatic rings. The van der Waals surface area contributed by atoms with Crippen molar-refractivity contribution in [2.75, 3.05) is 65.7 Å². The zero-order valence-electron chi connectivity index (χ0n) is 14.9. The van der Waals surface area contributed by atoms with E-state index in [-0.39, 0.29) is 10.8 Å². The summed E-state index contributed by atoms with van der Waals surface area (Å²) in [4.78, 5) is 10.4. The third-order valence-electron chi connectivity index (χ3n) is 7.28. The molecule has 0 amide bonds. The topological polar surface area (TPSA) is 37.7 Å². The fraction of sp³-hybridized carbons (Fsp3) is 0.889. The second-order valence-electron chi connectivity index (χ2n) is 9.81. The summed E-state index contributed by atoms with van der Waals surface area (Å²) in [5.74, 6) is 1.21. The summed E-state index contributed by atoms with van der Waals surface area (Å²) in [7, 11) is 0. The average Bonchev–Trinajstić information content (AvgIpc) is 2.46. The molecular formula is C18H28N6.